The lowest BCUT2D eigenvalue weighted by atomic mass is 9.89. The molecule has 1 unspecified atom stereocenters. The van der Waals surface area contributed by atoms with Gasteiger partial charge in [0.2, 0.25) is 5.13 Å². The van der Waals surface area contributed by atoms with Gasteiger partial charge in [0.05, 0.1) is 12.0 Å². The van der Waals surface area contributed by atoms with Gasteiger partial charge >= 0.3 is 5.97 Å². The minimum Gasteiger partial charge on any atom is -0.445 e. The fourth-order valence-corrected chi connectivity index (χ4v) is 3.45. The summed E-state index contributed by atoms with van der Waals surface area (Å²) in [6.45, 7) is 3.00. The lowest BCUT2D eigenvalue weighted by molar-refractivity contribution is -0.134. The number of cyclic esters (lactones) is 1. The standard InChI is InChI=1S/C16H14BrN3O4S/c1-8(21)5-12-18-15(25-20-12)19-14(23)16(2)7-9-3-4-10(17)6-11(9)13(22)24-16/h3-4,6H,5,7H2,1-2H3,(H,18,19,20,23). The molecule has 9 heteroatoms. The molecule has 0 fully saturated rings. The zero-order valence-corrected chi connectivity index (χ0v) is 15.9. The van der Waals surface area contributed by atoms with Crippen LogP contribution in [0.4, 0.5) is 5.13 Å². The molecular formula is C16H14BrN3O4S. The Hall–Kier alpha value is -2.13. The Kier molecular flexibility index (Phi) is 4.70. The van der Waals surface area contributed by atoms with Gasteiger partial charge in [-0.05, 0) is 31.5 Å². The van der Waals surface area contributed by atoms with Gasteiger partial charge in [0.25, 0.3) is 5.91 Å². The fraction of sp³-hybridized carbons (Fsp3) is 0.312. The minimum atomic E-state index is -1.34. The van der Waals surface area contributed by atoms with E-state index in [4.69, 9.17) is 4.74 Å². The Labute approximate surface area is 156 Å². The molecule has 25 heavy (non-hydrogen) atoms. The van der Waals surface area contributed by atoms with Crippen LogP contribution in [0.15, 0.2) is 22.7 Å². The number of nitrogens with zero attached hydrogens (tertiary/aromatic N) is 2. The van der Waals surface area contributed by atoms with Crippen molar-refractivity contribution in [3.63, 3.8) is 0 Å². The number of hydrogen-bond donors (Lipinski definition) is 1. The minimum absolute atomic E-state index is 0.0633. The van der Waals surface area contributed by atoms with E-state index in [-0.39, 0.29) is 23.8 Å². The topological polar surface area (TPSA) is 98.2 Å². The Bertz CT molecular complexity index is 882. The predicted octanol–water partition coefficient (Wildman–Crippen LogP) is 2.54. The molecule has 0 bridgehead atoms. The molecule has 1 aliphatic rings. The molecule has 1 amide bonds. The largest absolute Gasteiger partial charge is 0.445 e. The molecule has 0 aliphatic carbocycles. The Balaban J connectivity index is 1.78. The maximum atomic E-state index is 12.6. The van der Waals surface area contributed by atoms with Crippen molar-refractivity contribution in [3.05, 3.63) is 39.6 Å². The molecule has 0 spiro atoms. The average Bonchev–Trinajstić information content (AvgIpc) is 2.94. The van der Waals surface area contributed by atoms with Crippen molar-refractivity contribution in [2.75, 3.05) is 5.32 Å². The number of aromatic nitrogens is 2. The van der Waals surface area contributed by atoms with Crippen LogP contribution in [0.5, 0.6) is 0 Å². The summed E-state index contributed by atoms with van der Waals surface area (Å²) >= 11 is 4.29. The number of ether oxygens (including phenoxy) is 1. The molecule has 3 rings (SSSR count). The van der Waals surface area contributed by atoms with Crippen molar-refractivity contribution in [2.45, 2.75) is 32.3 Å². The van der Waals surface area contributed by atoms with Crippen molar-refractivity contribution in [1.82, 2.24) is 9.36 Å². The first-order chi connectivity index (χ1) is 11.8. The van der Waals surface area contributed by atoms with Gasteiger partial charge in [-0.1, -0.05) is 22.0 Å². The molecule has 130 valence electrons. The second-order valence-corrected chi connectivity index (χ2v) is 7.61. The number of halogens is 1. The highest BCUT2D eigenvalue weighted by Gasteiger charge is 2.43. The molecule has 1 aliphatic heterocycles. The summed E-state index contributed by atoms with van der Waals surface area (Å²) in [7, 11) is 0. The second kappa shape index (κ2) is 6.64. The number of rotatable bonds is 4. The third-order valence-electron chi connectivity index (χ3n) is 3.71. The average molecular weight is 424 g/mol. The highest BCUT2D eigenvalue weighted by Crippen LogP contribution is 2.31. The van der Waals surface area contributed by atoms with Crippen LogP contribution in [0.3, 0.4) is 0 Å². The number of ketones is 1. The number of benzene rings is 1. The first-order valence-electron chi connectivity index (χ1n) is 7.42. The maximum Gasteiger partial charge on any atom is 0.339 e. The number of carbonyl (C=O) groups is 3. The first kappa shape index (κ1) is 17.7. The van der Waals surface area contributed by atoms with Gasteiger partial charge in [0, 0.05) is 22.4 Å². The van der Waals surface area contributed by atoms with Crippen LogP contribution in [0.1, 0.15) is 35.6 Å². The van der Waals surface area contributed by atoms with Crippen LogP contribution in [0, 0.1) is 0 Å². The zero-order valence-electron chi connectivity index (χ0n) is 13.5. The van der Waals surface area contributed by atoms with E-state index in [1.165, 1.54) is 6.92 Å². The lowest BCUT2D eigenvalue weighted by Crippen LogP contribution is -2.48. The number of Topliss-reactive ketones (excluding diaryl/α,β-unsaturated/α-hetero) is 1. The Morgan fingerprint density at radius 2 is 2.20 bits per heavy atom. The van der Waals surface area contributed by atoms with Crippen molar-refractivity contribution in [3.8, 4) is 0 Å². The molecule has 1 atom stereocenters. The molecule has 1 N–H and O–H groups in total. The SMILES string of the molecule is CC(=O)Cc1nsc(NC(=O)C2(C)Cc3ccc(Br)cc3C(=O)O2)n1. The molecule has 7 nitrogen and oxygen atoms in total. The molecule has 0 saturated heterocycles. The number of hydrogen-bond acceptors (Lipinski definition) is 7. The normalized spacial score (nSPS) is 19.1. The Morgan fingerprint density at radius 3 is 2.92 bits per heavy atom. The van der Waals surface area contributed by atoms with Gasteiger partial charge in [-0.15, -0.1) is 0 Å². The van der Waals surface area contributed by atoms with Gasteiger partial charge < -0.3 is 4.74 Å². The molecule has 0 saturated carbocycles. The summed E-state index contributed by atoms with van der Waals surface area (Å²) in [6.07, 6.45) is 0.368. The number of carbonyl (C=O) groups excluding carboxylic acids is 3. The van der Waals surface area contributed by atoms with E-state index >= 15 is 0 Å². The maximum absolute atomic E-state index is 12.6. The number of anilines is 1. The summed E-state index contributed by atoms with van der Waals surface area (Å²) in [5.41, 5.74) is -0.157. The predicted molar refractivity (Wildman–Crippen MR) is 94.6 cm³/mol. The lowest BCUT2D eigenvalue weighted by Gasteiger charge is -2.32. The van der Waals surface area contributed by atoms with Crippen molar-refractivity contribution in [2.24, 2.45) is 0 Å². The highest BCUT2D eigenvalue weighted by molar-refractivity contribution is 9.10. The molecule has 2 heterocycles. The van der Waals surface area contributed by atoms with Gasteiger partial charge in [0.1, 0.15) is 5.78 Å². The van der Waals surface area contributed by atoms with E-state index < -0.39 is 17.5 Å². The first-order valence-corrected chi connectivity index (χ1v) is 8.99. The monoisotopic (exact) mass is 423 g/mol. The summed E-state index contributed by atoms with van der Waals surface area (Å²) < 4.78 is 10.2. The van der Waals surface area contributed by atoms with E-state index in [0.717, 1.165) is 21.6 Å². The van der Waals surface area contributed by atoms with E-state index in [9.17, 15) is 14.4 Å². The van der Waals surface area contributed by atoms with Crippen LogP contribution < -0.4 is 5.32 Å². The number of nitrogens with one attached hydrogen (secondary N) is 1. The van der Waals surface area contributed by atoms with Gasteiger partial charge in [0.15, 0.2) is 11.4 Å². The smallest absolute Gasteiger partial charge is 0.339 e. The molecule has 0 radical (unpaired) electrons. The summed E-state index contributed by atoms with van der Waals surface area (Å²) in [5.74, 6) is -0.741. The van der Waals surface area contributed by atoms with Crippen LogP contribution in [-0.4, -0.2) is 32.6 Å². The number of esters is 1. The van der Waals surface area contributed by atoms with Crippen molar-refractivity contribution < 1.29 is 19.1 Å². The number of fused-ring (bicyclic) bond motifs is 1. The van der Waals surface area contributed by atoms with E-state index in [2.05, 4.69) is 30.6 Å². The summed E-state index contributed by atoms with van der Waals surface area (Å²) in [6, 6.07) is 5.28. The van der Waals surface area contributed by atoms with Crippen molar-refractivity contribution in [1.29, 1.82) is 0 Å². The van der Waals surface area contributed by atoms with Crippen LogP contribution in [-0.2, 0) is 27.2 Å². The molecular weight excluding hydrogens is 410 g/mol. The van der Waals surface area contributed by atoms with Gasteiger partial charge in [-0.2, -0.15) is 4.37 Å². The van der Waals surface area contributed by atoms with Crippen LogP contribution in [0.25, 0.3) is 0 Å². The van der Waals surface area contributed by atoms with Crippen LogP contribution in [0.2, 0.25) is 0 Å². The molecule has 1 aromatic carbocycles. The van der Waals surface area contributed by atoms with Gasteiger partial charge in [-0.25, -0.2) is 9.78 Å². The van der Waals surface area contributed by atoms with Gasteiger partial charge in [-0.3, -0.25) is 14.9 Å². The van der Waals surface area contributed by atoms with E-state index in [0.29, 0.717) is 11.4 Å². The summed E-state index contributed by atoms with van der Waals surface area (Å²) in [5, 5.41) is 2.88. The quantitative estimate of drug-likeness (QED) is 0.758. The van der Waals surface area contributed by atoms with E-state index in [1.54, 1.807) is 19.1 Å². The van der Waals surface area contributed by atoms with Crippen molar-refractivity contribution >= 4 is 50.3 Å². The second-order valence-electron chi connectivity index (χ2n) is 5.95. The Morgan fingerprint density at radius 1 is 1.44 bits per heavy atom. The fourth-order valence-electron chi connectivity index (χ4n) is 2.51. The summed E-state index contributed by atoms with van der Waals surface area (Å²) in [4.78, 5) is 40.1. The third-order valence-corrected chi connectivity index (χ3v) is 4.88. The highest BCUT2D eigenvalue weighted by atomic mass is 79.9. The van der Waals surface area contributed by atoms with Crippen LogP contribution >= 0.6 is 27.5 Å². The van der Waals surface area contributed by atoms with E-state index in [1.807, 2.05) is 6.07 Å². The molecule has 2 aromatic rings. The molecule has 1 aromatic heterocycles. The third kappa shape index (κ3) is 3.77. The number of amides is 1. The zero-order chi connectivity index (χ0) is 18.2.